The van der Waals surface area contributed by atoms with Crippen LogP contribution in [0.3, 0.4) is 0 Å². The smallest absolute Gasteiger partial charge is 0.410 e. The van der Waals surface area contributed by atoms with Crippen LogP contribution in [0.1, 0.15) is 51.1 Å². The van der Waals surface area contributed by atoms with Gasteiger partial charge < -0.3 is 9.15 Å². The molecule has 1 unspecified atom stereocenters. The second-order valence-electron chi connectivity index (χ2n) is 6.97. The Bertz CT molecular complexity index is 816. The third kappa shape index (κ3) is 3.79. The summed E-state index contributed by atoms with van der Waals surface area (Å²) < 4.78 is 11.2. The first-order valence-corrected chi connectivity index (χ1v) is 8.21. The summed E-state index contributed by atoms with van der Waals surface area (Å²) in [5.74, 6) is 0.726. The van der Waals surface area contributed by atoms with Crippen LogP contribution in [0.25, 0.3) is 11.5 Å². The van der Waals surface area contributed by atoms with Crippen LogP contribution in [0.4, 0.5) is 4.79 Å². The number of nitrogens with zero attached hydrogens (tertiary/aromatic N) is 4. The quantitative estimate of drug-likeness (QED) is 0.828. The molecule has 1 amide bonds. The van der Waals surface area contributed by atoms with Gasteiger partial charge >= 0.3 is 6.09 Å². The molecular formula is C18H20N4O3. The zero-order valence-corrected chi connectivity index (χ0v) is 14.5. The monoisotopic (exact) mass is 340 g/mol. The fourth-order valence-electron chi connectivity index (χ4n) is 2.77. The summed E-state index contributed by atoms with van der Waals surface area (Å²) in [6.45, 7) is 6.11. The normalized spacial score (nSPS) is 17.4. The molecule has 0 radical (unpaired) electrons. The third-order valence-corrected chi connectivity index (χ3v) is 3.85. The molecule has 7 nitrogen and oxygen atoms in total. The molecule has 1 saturated heterocycles. The van der Waals surface area contributed by atoms with Crippen molar-refractivity contribution in [2.75, 3.05) is 6.54 Å². The standard InChI is InChI=1S/C18H20N4O3/c1-18(2,3)25-17(23)22-9-5-8-14(22)16-21-20-15(24-16)13-7-4-6-12(10-13)11-19/h4,6-7,10,14H,5,8-9H2,1-3H3. The van der Waals surface area contributed by atoms with Crippen molar-refractivity contribution in [3.63, 3.8) is 0 Å². The maximum Gasteiger partial charge on any atom is 0.410 e. The SMILES string of the molecule is CC(C)(C)OC(=O)N1CCCC1c1nnc(-c2cccc(C#N)c2)o1. The highest BCUT2D eigenvalue weighted by Gasteiger charge is 2.36. The molecule has 25 heavy (non-hydrogen) atoms. The predicted octanol–water partition coefficient (Wildman–Crippen LogP) is 3.68. The number of rotatable bonds is 2. The van der Waals surface area contributed by atoms with Gasteiger partial charge in [0.25, 0.3) is 0 Å². The van der Waals surface area contributed by atoms with Crippen LogP contribution in [0.2, 0.25) is 0 Å². The maximum absolute atomic E-state index is 12.4. The van der Waals surface area contributed by atoms with Crippen LogP contribution < -0.4 is 0 Å². The largest absolute Gasteiger partial charge is 0.444 e. The Balaban J connectivity index is 1.81. The third-order valence-electron chi connectivity index (χ3n) is 3.85. The molecular weight excluding hydrogens is 320 g/mol. The van der Waals surface area contributed by atoms with Crippen LogP contribution in [-0.4, -0.2) is 33.3 Å². The number of carbonyl (C=O) groups is 1. The molecule has 3 rings (SSSR count). The Morgan fingerprint density at radius 1 is 1.40 bits per heavy atom. The maximum atomic E-state index is 12.4. The van der Waals surface area contributed by atoms with Crippen LogP contribution in [0.5, 0.6) is 0 Å². The first-order valence-electron chi connectivity index (χ1n) is 8.21. The van der Waals surface area contributed by atoms with Crippen molar-refractivity contribution in [3.8, 4) is 17.5 Å². The number of benzene rings is 1. The van der Waals surface area contributed by atoms with E-state index in [0.29, 0.717) is 29.5 Å². The van der Waals surface area contributed by atoms with Gasteiger partial charge in [-0.1, -0.05) is 6.07 Å². The summed E-state index contributed by atoms with van der Waals surface area (Å²) in [5.41, 5.74) is 0.648. The average Bonchev–Trinajstić information content (AvgIpc) is 3.22. The fourth-order valence-corrected chi connectivity index (χ4v) is 2.77. The average molecular weight is 340 g/mol. The van der Waals surface area contributed by atoms with Crippen molar-refractivity contribution in [3.05, 3.63) is 35.7 Å². The highest BCUT2D eigenvalue weighted by atomic mass is 16.6. The number of amides is 1. The second-order valence-corrected chi connectivity index (χ2v) is 6.97. The number of ether oxygens (including phenoxy) is 1. The van der Waals surface area contributed by atoms with E-state index in [1.165, 1.54) is 0 Å². The first kappa shape index (κ1) is 17.0. The predicted molar refractivity (Wildman–Crippen MR) is 89.4 cm³/mol. The number of hydrogen-bond donors (Lipinski definition) is 0. The molecule has 0 spiro atoms. The van der Waals surface area contributed by atoms with E-state index in [1.54, 1.807) is 29.2 Å². The Labute approximate surface area is 146 Å². The summed E-state index contributed by atoms with van der Waals surface area (Å²) in [5, 5.41) is 17.2. The van der Waals surface area contributed by atoms with Crippen molar-refractivity contribution >= 4 is 6.09 Å². The molecule has 0 N–H and O–H groups in total. The number of nitriles is 1. The molecule has 2 heterocycles. The lowest BCUT2D eigenvalue weighted by atomic mass is 10.1. The second kappa shape index (κ2) is 6.55. The summed E-state index contributed by atoms with van der Waals surface area (Å²) in [6, 6.07) is 8.77. The molecule has 1 aliphatic heterocycles. The van der Waals surface area contributed by atoms with Crippen LogP contribution in [-0.2, 0) is 4.74 Å². The molecule has 0 bridgehead atoms. The van der Waals surface area contributed by atoms with Gasteiger partial charge in [0.2, 0.25) is 11.8 Å². The molecule has 7 heteroatoms. The number of carbonyl (C=O) groups excluding carboxylic acids is 1. The van der Waals surface area contributed by atoms with E-state index in [9.17, 15) is 4.79 Å². The van der Waals surface area contributed by atoms with E-state index >= 15 is 0 Å². The van der Waals surface area contributed by atoms with Crippen molar-refractivity contribution < 1.29 is 13.9 Å². The number of hydrogen-bond acceptors (Lipinski definition) is 6. The molecule has 130 valence electrons. The van der Waals surface area contributed by atoms with Gasteiger partial charge in [0.1, 0.15) is 11.6 Å². The lowest BCUT2D eigenvalue weighted by molar-refractivity contribution is 0.0204. The van der Waals surface area contributed by atoms with E-state index in [0.717, 1.165) is 12.8 Å². The Hall–Kier alpha value is -2.88. The Morgan fingerprint density at radius 3 is 2.92 bits per heavy atom. The van der Waals surface area contributed by atoms with E-state index in [4.69, 9.17) is 14.4 Å². The van der Waals surface area contributed by atoms with Crippen LogP contribution in [0, 0.1) is 11.3 Å². The summed E-state index contributed by atoms with van der Waals surface area (Å²) in [7, 11) is 0. The summed E-state index contributed by atoms with van der Waals surface area (Å²) in [4.78, 5) is 14.0. The molecule has 1 atom stereocenters. The van der Waals surface area contributed by atoms with Gasteiger partial charge in [0.15, 0.2) is 0 Å². The van der Waals surface area contributed by atoms with Crippen molar-refractivity contribution in [2.45, 2.75) is 45.3 Å². The summed E-state index contributed by atoms with van der Waals surface area (Å²) >= 11 is 0. The summed E-state index contributed by atoms with van der Waals surface area (Å²) in [6.07, 6.45) is 1.23. The van der Waals surface area contributed by atoms with Gasteiger partial charge in [-0.15, -0.1) is 10.2 Å². The van der Waals surface area contributed by atoms with Crippen molar-refractivity contribution in [1.82, 2.24) is 15.1 Å². The van der Waals surface area contributed by atoms with Gasteiger partial charge in [0, 0.05) is 12.1 Å². The van der Waals surface area contributed by atoms with Crippen LogP contribution >= 0.6 is 0 Å². The lowest BCUT2D eigenvalue weighted by Gasteiger charge is -2.27. The van der Waals surface area contributed by atoms with Gasteiger partial charge in [-0.2, -0.15) is 5.26 Å². The van der Waals surface area contributed by atoms with Gasteiger partial charge in [-0.3, -0.25) is 4.90 Å². The van der Waals surface area contributed by atoms with E-state index in [2.05, 4.69) is 16.3 Å². The Kier molecular flexibility index (Phi) is 4.45. The van der Waals surface area contributed by atoms with Gasteiger partial charge in [-0.25, -0.2) is 4.79 Å². The Morgan fingerprint density at radius 2 is 2.20 bits per heavy atom. The van der Waals surface area contributed by atoms with Gasteiger partial charge in [-0.05, 0) is 51.8 Å². The lowest BCUT2D eigenvalue weighted by Crippen LogP contribution is -2.36. The molecule has 2 aromatic rings. The minimum atomic E-state index is -0.554. The number of likely N-dealkylation sites (tertiary alicyclic amines) is 1. The zero-order chi connectivity index (χ0) is 18.0. The highest BCUT2D eigenvalue weighted by Crippen LogP contribution is 2.33. The first-order chi connectivity index (χ1) is 11.9. The molecule has 1 aliphatic rings. The van der Waals surface area contributed by atoms with E-state index < -0.39 is 5.60 Å². The number of aromatic nitrogens is 2. The minimum Gasteiger partial charge on any atom is -0.444 e. The van der Waals surface area contributed by atoms with E-state index in [1.807, 2.05) is 20.8 Å². The van der Waals surface area contributed by atoms with Crippen LogP contribution in [0.15, 0.2) is 28.7 Å². The van der Waals surface area contributed by atoms with Gasteiger partial charge in [0.05, 0.1) is 11.6 Å². The molecule has 1 aromatic heterocycles. The topological polar surface area (TPSA) is 92.2 Å². The van der Waals surface area contributed by atoms with Crippen molar-refractivity contribution in [1.29, 1.82) is 5.26 Å². The fraction of sp³-hybridized carbons (Fsp3) is 0.444. The van der Waals surface area contributed by atoms with Crippen molar-refractivity contribution in [2.24, 2.45) is 0 Å². The minimum absolute atomic E-state index is 0.282. The molecule has 0 aliphatic carbocycles. The molecule has 1 fully saturated rings. The highest BCUT2D eigenvalue weighted by molar-refractivity contribution is 5.69. The zero-order valence-electron chi connectivity index (χ0n) is 14.5. The van der Waals surface area contributed by atoms with E-state index in [-0.39, 0.29) is 12.1 Å². The molecule has 1 aromatic carbocycles. The molecule has 0 saturated carbocycles.